The highest BCUT2D eigenvalue weighted by atomic mass is 32.1. The Bertz CT molecular complexity index is 552. The van der Waals surface area contributed by atoms with Gasteiger partial charge in [0.05, 0.1) is 5.56 Å². The first-order chi connectivity index (χ1) is 8.49. The number of hydrogen-bond donors (Lipinski definition) is 2. The number of thiophene rings is 1. The minimum Gasteiger partial charge on any atom is -0.478 e. The Hall–Kier alpha value is -2.13. The summed E-state index contributed by atoms with van der Waals surface area (Å²) in [4.78, 5) is 22.7. The number of nitrogens with zero attached hydrogens (tertiary/aromatic N) is 1. The van der Waals surface area contributed by atoms with Crippen molar-refractivity contribution in [3.05, 3.63) is 28.2 Å². The van der Waals surface area contributed by atoms with Crippen molar-refractivity contribution in [3.8, 4) is 6.07 Å². The van der Waals surface area contributed by atoms with Gasteiger partial charge in [0, 0.05) is 17.0 Å². The second kappa shape index (κ2) is 5.98. The van der Waals surface area contributed by atoms with Crippen LogP contribution in [0.1, 0.15) is 22.9 Å². The third-order valence-electron chi connectivity index (χ3n) is 2.29. The lowest BCUT2D eigenvalue weighted by Crippen LogP contribution is -2.08. The number of anilines is 1. The molecule has 0 fully saturated rings. The lowest BCUT2D eigenvalue weighted by molar-refractivity contribution is -0.131. The second-order valence-corrected chi connectivity index (χ2v) is 4.69. The Balaban J connectivity index is 2.96. The summed E-state index contributed by atoms with van der Waals surface area (Å²) >= 11 is 1.32. The van der Waals surface area contributed by atoms with Crippen LogP contribution in [0.2, 0.25) is 0 Å². The largest absolute Gasteiger partial charge is 0.478 e. The summed E-state index contributed by atoms with van der Waals surface area (Å²) in [6.07, 6.45) is 2.39. The SMILES string of the molecule is CCc1c(C)sc(NC(=O)C=CC(=O)O)c1C#N. The summed E-state index contributed by atoms with van der Waals surface area (Å²) in [5, 5.41) is 20.5. The molecule has 0 unspecified atom stereocenters. The fourth-order valence-corrected chi connectivity index (χ4v) is 2.61. The van der Waals surface area contributed by atoms with Gasteiger partial charge in [-0.3, -0.25) is 4.79 Å². The third-order valence-corrected chi connectivity index (χ3v) is 3.35. The highest BCUT2D eigenvalue weighted by molar-refractivity contribution is 7.16. The molecule has 0 saturated carbocycles. The van der Waals surface area contributed by atoms with E-state index in [1.54, 1.807) is 0 Å². The summed E-state index contributed by atoms with van der Waals surface area (Å²) in [7, 11) is 0. The highest BCUT2D eigenvalue weighted by Crippen LogP contribution is 2.32. The molecule has 18 heavy (non-hydrogen) atoms. The van der Waals surface area contributed by atoms with Gasteiger partial charge in [-0.15, -0.1) is 11.3 Å². The Morgan fingerprint density at radius 2 is 2.17 bits per heavy atom. The fraction of sp³-hybridized carbons (Fsp3) is 0.250. The molecule has 1 heterocycles. The van der Waals surface area contributed by atoms with Crippen molar-refractivity contribution in [3.63, 3.8) is 0 Å². The maximum absolute atomic E-state index is 11.4. The van der Waals surface area contributed by atoms with Crippen molar-refractivity contribution in [2.24, 2.45) is 0 Å². The average Bonchev–Trinajstić information content (AvgIpc) is 2.61. The first kappa shape index (κ1) is 13.9. The van der Waals surface area contributed by atoms with Gasteiger partial charge in [-0.2, -0.15) is 5.26 Å². The Morgan fingerprint density at radius 1 is 1.50 bits per heavy atom. The molecular formula is C12H12N2O3S. The normalized spacial score (nSPS) is 10.3. The summed E-state index contributed by atoms with van der Waals surface area (Å²) in [5.41, 5.74) is 1.37. The zero-order valence-electron chi connectivity index (χ0n) is 9.98. The van der Waals surface area contributed by atoms with Crippen LogP contribution < -0.4 is 5.32 Å². The molecule has 0 atom stereocenters. The number of hydrogen-bond acceptors (Lipinski definition) is 4. The van der Waals surface area contributed by atoms with Crippen LogP contribution in [0.4, 0.5) is 5.00 Å². The van der Waals surface area contributed by atoms with Gasteiger partial charge in [0.1, 0.15) is 11.1 Å². The molecular weight excluding hydrogens is 252 g/mol. The molecule has 1 aromatic rings. The first-order valence-corrected chi connectivity index (χ1v) is 6.05. The van der Waals surface area contributed by atoms with Crippen molar-refractivity contribution in [2.75, 3.05) is 5.32 Å². The van der Waals surface area contributed by atoms with Crippen molar-refractivity contribution >= 4 is 28.2 Å². The van der Waals surface area contributed by atoms with Gasteiger partial charge in [-0.1, -0.05) is 6.92 Å². The van der Waals surface area contributed by atoms with Crippen LogP contribution >= 0.6 is 11.3 Å². The molecule has 0 aromatic carbocycles. The van der Waals surface area contributed by atoms with Gasteiger partial charge < -0.3 is 10.4 Å². The molecule has 94 valence electrons. The molecule has 0 aliphatic rings. The first-order valence-electron chi connectivity index (χ1n) is 5.24. The number of carboxylic acids is 1. The number of amides is 1. The Morgan fingerprint density at radius 3 is 2.67 bits per heavy atom. The van der Waals surface area contributed by atoms with E-state index in [-0.39, 0.29) is 0 Å². The fourth-order valence-electron chi connectivity index (χ4n) is 1.51. The number of carbonyl (C=O) groups is 2. The molecule has 0 saturated heterocycles. The molecule has 1 amide bonds. The van der Waals surface area contributed by atoms with Crippen LogP contribution in [0.25, 0.3) is 0 Å². The minimum atomic E-state index is -1.19. The number of nitriles is 1. The molecule has 0 bridgehead atoms. The molecule has 5 nitrogen and oxygen atoms in total. The van der Waals surface area contributed by atoms with Gasteiger partial charge >= 0.3 is 5.97 Å². The lowest BCUT2D eigenvalue weighted by atomic mass is 10.1. The van der Waals surface area contributed by atoms with Crippen LogP contribution in [-0.4, -0.2) is 17.0 Å². The molecule has 0 aliphatic heterocycles. The number of carboxylic acid groups (broad SMARTS) is 1. The summed E-state index contributed by atoms with van der Waals surface area (Å²) in [5.74, 6) is -1.75. The Kier molecular flexibility index (Phi) is 4.63. The van der Waals surface area contributed by atoms with Gasteiger partial charge in [-0.05, 0) is 18.9 Å². The van der Waals surface area contributed by atoms with Crippen LogP contribution in [0.5, 0.6) is 0 Å². The van der Waals surface area contributed by atoms with Gasteiger partial charge in [-0.25, -0.2) is 4.79 Å². The van der Waals surface area contributed by atoms with E-state index in [1.807, 2.05) is 13.8 Å². The van der Waals surface area contributed by atoms with Crippen molar-refractivity contribution < 1.29 is 14.7 Å². The predicted octanol–water partition coefficient (Wildman–Crippen LogP) is 2.07. The molecule has 0 aliphatic carbocycles. The van der Waals surface area contributed by atoms with Crippen molar-refractivity contribution in [1.29, 1.82) is 5.26 Å². The molecule has 1 rings (SSSR count). The second-order valence-electron chi connectivity index (χ2n) is 3.47. The van der Waals surface area contributed by atoms with E-state index in [0.29, 0.717) is 17.0 Å². The summed E-state index contributed by atoms with van der Waals surface area (Å²) in [6.45, 7) is 3.82. The summed E-state index contributed by atoms with van der Waals surface area (Å²) < 4.78 is 0. The topological polar surface area (TPSA) is 90.2 Å². The molecule has 0 radical (unpaired) electrons. The molecule has 0 spiro atoms. The van der Waals surface area contributed by atoms with Crippen LogP contribution in [0.3, 0.4) is 0 Å². The van der Waals surface area contributed by atoms with E-state index in [0.717, 1.165) is 22.6 Å². The standard InChI is InChI=1S/C12H12N2O3S/c1-3-8-7(2)18-12(9(8)6-13)14-10(15)4-5-11(16)17/h4-5H,3H2,1-2H3,(H,14,15)(H,16,17). The highest BCUT2D eigenvalue weighted by Gasteiger charge is 2.15. The zero-order chi connectivity index (χ0) is 13.7. The number of aliphatic carboxylic acids is 1. The summed E-state index contributed by atoms with van der Waals surface area (Å²) in [6, 6.07) is 2.06. The monoisotopic (exact) mass is 264 g/mol. The van der Waals surface area contributed by atoms with Crippen molar-refractivity contribution in [2.45, 2.75) is 20.3 Å². The van der Waals surface area contributed by atoms with Gasteiger partial charge in [0.25, 0.3) is 0 Å². The quantitative estimate of drug-likeness (QED) is 0.814. The van der Waals surface area contributed by atoms with E-state index >= 15 is 0 Å². The van der Waals surface area contributed by atoms with E-state index < -0.39 is 11.9 Å². The number of nitrogens with one attached hydrogen (secondary N) is 1. The van der Waals surface area contributed by atoms with E-state index in [4.69, 9.17) is 10.4 Å². The maximum atomic E-state index is 11.4. The van der Waals surface area contributed by atoms with Crippen molar-refractivity contribution in [1.82, 2.24) is 0 Å². The molecule has 2 N–H and O–H groups in total. The maximum Gasteiger partial charge on any atom is 0.328 e. The molecule has 1 aromatic heterocycles. The number of aryl methyl sites for hydroxylation is 1. The van der Waals surface area contributed by atoms with E-state index in [2.05, 4.69) is 11.4 Å². The smallest absolute Gasteiger partial charge is 0.328 e. The molecule has 6 heteroatoms. The van der Waals surface area contributed by atoms with E-state index in [1.165, 1.54) is 11.3 Å². The lowest BCUT2D eigenvalue weighted by Gasteiger charge is -1.99. The van der Waals surface area contributed by atoms with Crippen LogP contribution in [-0.2, 0) is 16.0 Å². The van der Waals surface area contributed by atoms with E-state index in [9.17, 15) is 9.59 Å². The predicted molar refractivity (Wildman–Crippen MR) is 68.6 cm³/mol. The zero-order valence-corrected chi connectivity index (χ0v) is 10.8. The van der Waals surface area contributed by atoms with Gasteiger partial charge in [0.15, 0.2) is 0 Å². The van der Waals surface area contributed by atoms with Crippen LogP contribution in [0, 0.1) is 18.3 Å². The number of rotatable bonds is 4. The minimum absolute atomic E-state index is 0.456. The Labute approximate surface area is 108 Å². The number of carbonyl (C=O) groups excluding carboxylic acids is 1. The third kappa shape index (κ3) is 3.18. The van der Waals surface area contributed by atoms with Crippen LogP contribution in [0.15, 0.2) is 12.2 Å². The van der Waals surface area contributed by atoms with Gasteiger partial charge in [0.2, 0.25) is 5.91 Å². The average molecular weight is 264 g/mol.